The summed E-state index contributed by atoms with van der Waals surface area (Å²) in [7, 11) is 0. The Bertz CT molecular complexity index is 1500. The molecule has 2 aromatic carbocycles. The van der Waals surface area contributed by atoms with Crippen LogP contribution in [0, 0.1) is 28.8 Å². The van der Waals surface area contributed by atoms with E-state index in [4.69, 9.17) is 17.3 Å². The molecule has 1 unspecified atom stereocenters. The molecule has 2 aromatic heterocycles. The van der Waals surface area contributed by atoms with Crippen molar-refractivity contribution in [1.82, 2.24) is 19.5 Å². The van der Waals surface area contributed by atoms with E-state index in [2.05, 4.69) is 20.3 Å². The van der Waals surface area contributed by atoms with Gasteiger partial charge in [-0.05, 0) is 31.2 Å². The van der Waals surface area contributed by atoms with Gasteiger partial charge in [-0.2, -0.15) is 15.2 Å². The number of hydrogen-bond acceptors (Lipinski definition) is 7. The normalized spacial score (nSPS) is 11.9. The number of halogens is 4. The van der Waals surface area contributed by atoms with E-state index in [9.17, 15) is 23.2 Å². The van der Waals surface area contributed by atoms with Gasteiger partial charge in [-0.3, -0.25) is 9.36 Å². The molecule has 4 aromatic rings. The second-order valence-corrected chi connectivity index (χ2v) is 7.30. The minimum atomic E-state index is -0.945. The quantitative estimate of drug-likeness (QED) is 0.433. The van der Waals surface area contributed by atoms with Crippen molar-refractivity contribution < 1.29 is 13.2 Å². The molecule has 2 heterocycles. The maximum atomic E-state index is 14.5. The van der Waals surface area contributed by atoms with Crippen molar-refractivity contribution in [2.45, 2.75) is 13.0 Å². The Labute approximate surface area is 189 Å². The Morgan fingerprint density at radius 3 is 2.52 bits per heavy atom. The molecule has 0 aliphatic carbocycles. The largest absolute Gasteiger partial charge is 0.368 e. The monoisotopic (exact) mass is 471 g/mol. The first-order valence-electron chi connectivity index (χ1n) is 9.37. The predicted molar refractivity (Wildman–Crippen MR) is 115 cm³/mol. The number of aromatic nitrogens is 4. The summed E-state index contributed by atoms with van der Waals surface area (Å²) in [5.41, 5.74) is 4.43. The highest BCUT2D eigenvalue weighted by Crippen LogP contribution is 2.27. The summed E-state index contributed by atoms with van der Waals surface area (Å²) in [6.45, 7) is 1.55. The van der Waals surface area contributed by atoms with Gasteiger partial charge in [0, 0.05) is 6.07 Å². The fourth-order valence-corrected chi connectivity index (χ4v) is 3.56. The number of nitrogen functional groups attached to an aromatic ring is 1. The lowest BCUT2D eigenvalue weighted by Crippen LogP contribution is -2.28. The highest BCUT2D eigenvalue weighted by molar-refractivity contribution is 6.31. The Morgan fingerprint density at radius 2 is 1.85 bits per heavy atom. The summed E-state index contributed by atoms with van der Waals surface area (Å²) < 4.78 is 43.3. The molecule has 12 heteroatoms. The van der Waals surface area contributed by atoms with Gasteiger partial charge >= 0.3 is 0 Å². The number of nitriles is 1. The number of nitrogens with two attached hydrogens (primary N) is 1. The molecular formula is C21H13ClF3N7O. The van der Waals surface area contributed by atoms with Gasteiger partial charge in [0.15, 0.2) is 11.0 Å². The molecule has 0 aliphatic rings. The van der Waals surface area contributed by atoms with Gasteiger partial charge in [-0.15, -0.1) is 0 Å². The average molecular weight is 472 g/mol. The molecule has 0 saturated carbocycles. The molecule has 33 heavy (non-hydrogen) atoms. The van der Waals surface area contributed by atoms with Gasteiger partial charge in [0.05, 0.1) is 17.2 Å². The van der Waals surface area contributed by atoms with Crippen LogP contribution in [0.2, 0.25) is 5.15 Å². The van der Waals surface area contributed by atoms with Gasteiger partial charge in [0.2, 0.25) is 5.95 Å². The van der Waals surface area contributed by atoms with Crippen molar-refractivity contribution in [2.24, 2.45) is 0 Å². The highest BCUT2D eigenvalue weighted by atomic mass is 35.5. The lowest BCUT2D eigenvalue weighted by molar-refractivity contribution is 0.579. The summed E-state index contributed by atoms with van der Waals surface area (Å²) in [4.78, 5) is 25.3. The Balaban J connectivity index is 1.97. The standard InChI is InChI=1S/C21H13ClF3N7O/c1-9(28-18-13(8-26)17(22)30-21(27)31-18)19-29-15-4-2-3-14(25)16(15)20(33)32(19)12-6-10(23)5-11(24)7-12/h2-7,9H,1H3,(H3,27,28,30,31). The van der Waals surface area contributed by atoms with Gasteiger partial charge in [0.1, 0.15) is 40.3 Å². The van der Waals surface area contributed by atoms with Crippen molar-refractivity contribution in [3.05, 3.63) is 80.7 Å². The smallest absolute Gasteiger partial charge is 0.269 e. The molecule has 0 fully saturated rings. The van der Waals surface area contributed by atoms with E-state index >= 15 is 0 Å². The SMILES string of the molecule is CC(Nc1nc(N)nc(Cl)c1C#N)c1nc2cccc(F)c2c(=O)n1-c1cc(F)cc(F)c1. The van der Waals surface area contributed by atoms with E-state index in [0.717, 1.165) is 22.8 Å². The summed E-state index contributed by atoms with van der Waals surface area (Å²) in [6.07, 6.45) is 0. The van der Waals surface area contributed by atoms with Crippen molar-refractivity contribution >= 4 is 34.3 Å². The van der Waals surface area contributed by atoms with E-state index in [-0.39, 0.29) is 44.9 Å². The fourth-order valence-electron chi connectivity index (χ4n) is 3.34. The van der Waals surface area contributed by atoms with Crippen molar-refractivity contribution in [3.63, 3.8) is 0 Å². The van der Waals surface area contributed by atoms with Gasteiger partial charge in [-0.1, -0.05) is 17.7 Å². The highest BCUT2D eigenvalue weighted by Gasteiger charge is 2.22. The molecule has 0 amide bonds. The average Bonchev–Trinajstić information content (AvgIpc) is 2.72. The Morgan fingerprint density at radius 1 is 1.15 bits per heavy atom. The van der Waals surface area contributed by atoms with Gasteiger partial charge < -0.3 is 11.1 Å². The predicted octanol–water partition coefficient (Wildman–Crippen LogP) is 3.87. The van der Waals surface area contributed by atoms with Crippen LogP contribution in [0.4, 0.5) is 24.9 Å². The molecule has 0 saturated heterocycles. The Hall–Kier alpha value is -4.17. The van der Waals surface area contributed by atoms with Gasteiger partial charge in [-0.25, -0.2) is 18.2 Å². The first-order valence-corrected chi connectivity index (χ1v) is 9.74. The van der Waals surface area contributed by atoms with Crippen molar-refractivity contribution in [1.29, 1.82) is 5.26 Å². The number of nitrogens with zero attached hydrogens (tertiary/aromatic N) is 5. The zero-order valence-electron chi connectivity index (χ0n) is 16.8. The third-order valence-corrected chi connectivity index (χ3v) is 4.99. The maximum absolute atomic E-state index is 14.5. The molecule has 1 atom stereocenters. The summed E-state index contributed by atoms with van der Waals surface area (Å²) in [5, 5.41) is 11.7. The topological polar surface area (TPSA) is 123 Å². The van der Waals surface area contributed by atoms with E-state index in [1.165, 1.54) is 12.1 Å². The molecule has 0 spiro atoms. The minimum Gasteiger partial charge on any atom is -0.368 e. The summed E-state index contributed by atoms with van der Waals surface area (Å²) >= 11 is 5.96. The van der Waals surface area contributed by atoms with Crippen LogP contribution in [0.1, 0.15) is 24.4 Å². The van der Waals surface area contributed by atoms with E-state index in [0.29, 0.717) is 6.07 Å². The number of nitrogens with one attached hydrogen (secondary N) is 1. The van der Waals surface area contributed by atoms with Crippen LogP contribution in [0.5, 0.6) is 0 Å². The van der Waals surface area contributed by atoms with Crippen LogP contribution in [0.3, 0.4) is 0 Å². The molecule has 8 nitrogen and oxygen atoms in total. The molecule has 4 rings (SSSR count). The van der Waals surface area contributed by atoms with Crippen molar-refractivity contribution in [3.8, 4) is 11.8 Å². The molecule has 166 valence electrons. The zero-order chi connectivity index (χ0) is 23.9. The van der Waals surface area contributed by atoms with Crippen LogP contribution in [-0.4, -0.2) is 19.5 Å². The van der Waals surface area contributed by atoms with Crippen LogP contribution < -0.4 is 16.6 Å². The van der Waals surface area contributed by atoms with E-state index < -0.39 is 29.1 Å². The number of fused-ring (bicyclic) bond motifs is 1. The van der Waals surface area contributed by atoms with Crippen LogP contribution in [-0.2, 0) is 0 Å². The lowest BCUT2D eigenvalue weighted by atomic mass is 10.2. The molecule has 0 radical (unpaired) electrons. The number of benzene rings is 2. The maximum Gasteiger partial charge on any atom is 0.269 e. The lowest BCUT2D eigenvalue weighted by Gasteiger charge is -2.21. The van der Waals surface area contributed by atoms with Crippen LogP contribution in [0.25, 0.3) is 16.6 Å². The summed E-state index contributed by atoms with van der Waals surface area (Å²) in [5.74, 6) is -3.04. The molecule has 0 bridgehead atoms. The van der Waals surface area contributed by atoms with Gasteiger partial charge in [0.25, 0.3) is 5.56 Å². The molecule has 0 aliphatic heterocycles. The Kier molecular flexibility index (Phi) is 5.61. The fraction of sp³-hybridized carbons (Fsp3) is 0.0952. The third-order valence-electron chi connectivity index (χ3n) is 4.71. The molecule has 3 N–H and O–H groups in total. The number of hydrogen-bond donors (Lipinski definition) is 2. The second kappa shape index (κ2) is 8.40. The number of rotatable bonds is 4. The van der Waals surface area contributed by atoms with Crippen LogP contribution in [0.15, 0.2) is 41.2 Å². The van der Waals surface area contributed by atoms with Crippen molar-refractivity contribution in [2.75, 3.05) is 11.1 Å². The number of anilines is 2. The first-order chi connectivity index (χ1) is 15.7. The molecular weight excluding hydrogens is 459 g/mol. The van der Waals surface area contributed by atoms with E-state index in [1.807, 2.05) is 6.07 Å². The van der Waals surface area contributed by atoms with E-state index in [1.54, 1.807) is 6.92 Å². The zero-order valence-corrected chi connectivity index (χ0v) is 17.5. The first kappa shape index (κ1) is 22.0. The summed E-state index contributed by atoms with van der Waals surface area (Å²) in [6, 6.07) is 7.28. The minimum absolute atomic E-state index is 0.0255. The van der Waals surface area contributed by atoms with Crippen LogP contribution >= 0.6 is 11.6 Å². The third kappa shape index (κ3) is 4.04. The second-order valence-electron chi connectivity index (χ2n) is 6.95.